The Labute approximate surface area is 212 Å². The highest BCUT2D eigenvalue weighted by molar-refractivity contribution is 6.39. The minimum atomic E-state index is -4.51. The first-order valence-electron chi connectivity index (χ1n) is 10.7. The maximum Gasteiger partial charge on any atom is 0.434 e. The topological polar surface area (TPSA) is 77.3 Å². The van der Waals surface area contributed by atoms with E-state index in [0.717, 1.165) is 11.8 Å². The third-order valence-electron chi connectivity index (χ3n) is 5.85. The van der Waals surface area contributed by atoms with Gasteiger partial charge in [-0.1, -0.05) is 53.5 Å². The lowest BCUT2D eigenvalue weighted by Gasteiger charge is -2.08. The molecule has 5 rings (SSSR count). The molecule has 0 amide bonds. The van der Waals surface area contributed by atoms with Crippen LogP contribution in [0.15, 0.2) is 54.9 Å². The average Bonchev–Trinajstić information content (AvgIpc) is 3.33. The van der Waals surface area contributed by atoms with E-state index in [0.29, 0.717) is 44.7 Å². The molecular weight excluding hydrogens is 514 g/mol. The summed E-state index contributed by atoms with van der Waals surface area (Å²) in [5.74, 6) is 0.546. The number of nitrogens with zero attached hydrogens (tertiary/aromatic N) is 6. The van der Waals surface area contributed by atoms with Crippen LogP contribution in [-0.4, -0.2) is 28.7 Å². The van der Waals surface area contributed by atoms with E-state index >= 15 is 0 Å². The highest BCUT2D eigenvalue weighted by atomic mass is 35.5. The zero-order valence-electron chi connectivity index (χ0n) is 19.0. The summed E-state index contributed by atoms with van der Waals surface area (Å²) >= 11 is 12.7. The highest BCUT2D eigenvalue weighted by Crippen LogP contribution is 2.33. The molecule has 0 spiro atoms. The molecule has 184 valence electrons. The second kappa shape index (κ2) is 8.79. The summed E-state index contributed by atoms with van der Waals surface area (Å²) in [6.07, 6.45) is -1.93. The molecule has 3 heterocycles. The SMILES string of the molecule is Cn1cc(C(F)(F)F)nc1-c1ccc(Cn2c(=N)n(C)c3cnc(-c4c(Cl)cccc4Cl)nc32)cc1. The van der Waals surface area contributed by atoms with Crippen LogP contribution in [0.25, 0.3) is 33.9 Å². The standard InChI is InChI=1S/C24H18Cl2F3N7/c1-34-12-18(24(27,28)29)32-21(34)14-8-6-13(7-9-14)11-36-22-17(35(2)23(36)30)10-31-20(33-22)19-15(25)4-3-5-16(19)26/h3-10,12,30H,11H2,1-2H3. The van der Waals surface area contributed by atoms with Gasteiger partial charge >= 0.3 is 6.18 Å². The summed E-state index contributed by atoms with van der Waals surface area (Å²) in [6.45, 7) is 0.303. The molecule has 1 N–H and O–H groups in total. The van der Waals surface area contributed by atoms with E-state index in [4.69, 9.17) is 28.6 Å². The molecule has 5 aromatic rings. The Morgan fingerprint density at radius 2 is 1.64 bits per heavy atom. The van der Waals surface area contributed by atoms with Crippen molar-refractivity contribution < 1.29 is 13.2 Å². The van der Waals surface area contributed by atoms with Crippen LogP contribution < -0.4 is 5.62 Å². The lowest BCUT2D eigenvalue weighted by Crippen LogP contribution is -2.23. The van der Waals surface area contributed by atoms with E-state index in [1.165, 1.54) is 11.6 Å². The fourth-order valence-corrected chi connectivity index (χ4v) is 4.56. The second-order valence-electron chi connectivity index (χ2n) is 8.22. The minimum absolute atomic E-state index is 0.199. The number of benzene rings is 2. The first-order valence-corrected chi connectivity index (χ1v) is 11.4. The van der Waals surface area contributed by atoms with Crippen LogP contribution in [-0.2, 0) is 26.8 Å². The van der Waals surface area contributed by atoms with Crippen molar-refractivity contribution in [3.63, 3.8) is 0 Å². The number of halogens is 5. The zero-order valence-corrected chi connectivity index (χ0v) is 20.5. The van der Waals surface area contributed by atoms with Gasteiger partial charge in [0.1, 0.15) is 11.3 Å². The molecule has 12 heteroatoms. The van der Waals surface area contributed by atoms with E-state index in [9.17, 15) is 13.2 Å². The van der Waals surface area contributed by atoms with Crippen molar-refractivity contribution in [2.24, 2.45) is 14.1 Å². The van der Waals surface area contributed by atoms with Crippen molar-refractivity contribution in [1.29, 1.82) is 5.41 Å². The van der Waals surface area contributed by atoms with Gasteiger partial charge in [-0.05, 0) is 17.7 Å². The summed E-state index contributed by atoms with van der Waals surface area (Å²) in [6, 6.07) is 12.1. The van der Waals surface area contributed by atoms with Gasteiger partial charge in [0.25, 0.3) is 0 Å². The van der Waals surface area contributed by atoms with Gasteiger partial charge in [0.05, 0.1) is 28.4 Å². The monoisotopic (exact) mass is 531 g/mol. The number of aromatic nitrogens is 6. The quantitative estimate of drug-likeness (QED) is 0.323. The third kappa shape index (κ3) is 4.16. The van der Waals surface area contributed by atoms with Crippen LogP contribution in [0.2, 0.25) is 10.0 Å². The van der Waals surface area contributed by atoms with E-state index in [2.05, 4.69) is 15.0 Å². The van der Waals surface area contributed by atoms with Gasteiger partial charge in [0.2, 0.25) is 5.62 Å². The summed E-state index contributed by atoms with van der Waals surface area (Å²) in [5, 5.41) is 9.41. The van der Waals surface area contributed by atoms with Crippen LogP contribution in [0.1, 0.15) is 11.3 Å². The highest BCUT2D eigenvalue weighted by Gasteiger charge is 2.34. The molecule has 0 aliphatic heterocycles. The van der Waals surface area contributed by atoms with E-state index < -0.39 is 11.9 Å². The van der Waals surface area contributed by atoms with Gasteiger partial charge in [0, 0.05) is 25.9 Å². The summed E-state index contributed by atoms with van der Waals surface area (Å²) < 4.78 is 43.8. The first kappa shape index (κ1) is 24.1. The molecule has 0 radical (unpaired) electrons. The maximum atomic E-state index is 13.0. The average molecular weight is 532 g/mol. The van der Waals surface area contributed by atoms with Gasteiger partial charge in [-0.15, -0.1) is 0 Å². The number of imidazole rings is 2. The Bertz CT molecular complexity index is 1640. The Hall–Kier alpha value is -3.63. The van der Waals surface area contributed by atoms with Gasteiger partial charge in [-0.2, -0.15) is 13.2 Å². The van der Waals surface area contributed by atoms with Crippen molar-refractivity contribution in [2.45, 2.75) is 12.7 Å². The summed E-state index contributed by atoms with van der Waals surface area (Å²) in [7, 11) is 3.27. The number of alkyl halides is 3. The van der Waals surface area contributed by atoms with Crippen LogP contribution in [0.5, 0.6) is 0 Å². The fourth-order valence-electron chi connectivity index (χ4n) is 3.99. The largest absolute Gasteiger partial charge is 0.434 e. The number of hydrogen-bond acceptors (Lipinski definition) is 4. The molecule has 0 aliphatic rings. The number of aryl methyl sites for hydroxylation is 2. The summed E-state index contributed by atoms with van der Waals surface area (Å²) in [5.41, 5.74) is 2.30. The van der Waals surface area contributed by atoms with Crippen LogP contribution in [0.4, 0.5) is 13.2 Å². The first-order chi connectivity index (χ1) is 17.0. The second-order valence-corrected chi connectivity index (χ2v) is 9.04. The molecule has 3 aromatic heterocycles. The molecular formula is C24H18Cl2F3N7. The predicted molar refractivity (Wildman–Crippen MR) is 131 cm³/mol. The molecule has 7 nitrogen and oxygen atoms in total. The number of nitrogens with one attached hydrogen (secondary N) is 1. The Morgan fingerprint density at radius 3 is 2.25 bits per heavy atom. The third-order valence-corrected chi connectivity index (χ3v) is 6.48. The van der Waals surface area contributed by atoms with E-state index in [1.807, 2.05) is 0 Å². The minimum Gasteiger partial charge on any atom is -0.333 e. The van der Waals surface area contributed by atoms with Crippen molar-refractivity contribution in [3.05, 3.63) is 81.8 Å². The molecule has 0 saturated carbocycles. The van der Waals surface area contributed by atoms with Crippen molar-refractivity contribution in [3.8, 4) is 22.8 Å². The fraction of sp³-hybridized carbons (Fsp3) is 0.167. The predicted octanol–water partition coefficient (Wildman–Crippen LogP) is 5.69. The number of hydrogen-bond donors (Lipinski definition) is 1. The molecule has 2 aromatic carbocycles. The van der Waals surface area contributed by atoms with Crippen LogP contribution in [0, 0.1) is 5.41 Å². The van der Waals surface area contributed by atoms with E-state index in [1.54, 1.807) is 64.8 Å². The zero-order chi connectivity index (χ0) is 25.8. The Kier molecular flexibility index (Phi) is 5.88. The smallest absolute Gasteiger partial charge is 0.333 e. The lowest BCUT2D eigenvalue weighted by atomic mass is 10.1. The van der Waals surface area contributed by atoms with Crippen molar-refractivity contribution in [1.82, 2.24) is 28.7 Å². The van der Waals surface area contributed by atoms with Crippen molar-refractivity contribution >= 4 is 34.4 Å². The molecule has 0 fully saturated rings. The molecule has 0 bridgehead atoms. The summed E-state index contributed by atoms with van der Waals surface area (Å²) in [4.78, 5) is 12.8. The van der Waals surface area contributed by atoms with Crippen LogP contribution in [0.3, 0.4) is 0 Å². The van der Waals surface area contributed by atoms with Crippen LogP contribution >= 0.6 is 23.2 Å². The van der Waals surface area contributed by atoms with Crippen molar-refractivity contribution in [2.75, 3.05) is 0 Å². The Morgan fingerprint density at radius 1 is 0.972 bits per heavy atom. The molecule has 0 aliphatic carbocycles. The molecule has 36 heavy (non-hydrogen) atoms. The number of rotatable bonds is 4. The van der Waals surface area contributed by atoms with Gasteiger partial charge in [-0.3, -0.25) is 9.98 Å². The van der Waals surface area contributed by atoms with E-state index in [-0.39, 0.29) is 11.4 Å². The van der Waals surface area contributed by atoms with Gasteiger partial charge in [-0.25, -0.2) is 15.0 Å². The maximum absolute atomic E-state index is 13.0. The normalized spacial score (nSPS) is 12.0. The molecule has 0 saturated heterocycles. The molecule has 0 unspecified atom stereocenters. The molecule has 0 atom stereocenters. The van der Waals surface area contributed by atoms with Gasteiger partial charge in [0.15, 0.2) is 17.2 Å². The lowest BCUT2D eigenvalue weighted by molar-refractivity contribution is -0.140. The Balaban J connectivity index is 1.52. The number of fused-ring (bicyclic) bond motifs is 1. The van der Waals surface area contributed by atoms with Gasteiger partial charge < -0.3 is 9.13 Å².